The first-order valence-electron chi connectivity index (χ1n) is 11.5. The summed E-state index contributed by atoms with van der Waals surface area (Å²) < 4.78 is 16.9. The summed E-state index contributed by atoms with van der Waals surface area (Å²) in [7, 11) is 3.26. The molecular formula is C27H29N3O3S. The van der Waals surface area contributed by atoms with Gasteiger partial charge in [-0.1, -0.05) is 12.1 Å². The number of aryl methyl sites for hydroxylation is 1. The summed E-state index contributed by atoms with van der Waals surface area (Å²) in [6.45, 7) is 4.87. The van der Waals surface area contributed by atoms with E-state index in [1.54, 1.807) is 25.6 Å². The number of aromatic nitrogens is 2. The Balaban J connectivity index is 1.38. The molecule has 1 aliphatic rings. The molecule has 0 amide bonds. The van der Waals surface area contributed by atoms with Crippen LogP contribution in [0.25, 0.3) is 21.3 Å². The van der Waals surface area contributed by atoms with Crippen molar-refractivity contribution >= 4 is 28.1 Å². The van der Waals surface area contributed by atoms with Crippen molar-refractivity contribution in [2.24, 2.45) is 5.92 Å². The molecule has 1 unspecified atom stereocenters. The van der Waals surface area contributed by atoms with Gasteiger partial charge in [-0.15, -0.1) is 11.3 Å². The van der Waals surface area contributed by atoms with Crippen molar-refractivity contribution in [2.75, 3.05) is 26.1 Å². The fourth-order valence-electron chi connectivity index (χ4n) is 3.94. The topological polar surface area (TPSA) is 65.5 Å². The van der Waals surface area contributed by atoms with Gasteiger partial charge < -0.3 is 19.5 Å². The second-order valence-electron chi connectivity index (χ2n) is 8.69. The monoisotopic (exact) mass is 475 g/mol. The molecule has 1 fully saturated rings. The standard InChI is InChI=1S/C27H29N3O3S/c1-16(28-27-21-13-23(31-3)24(32-4)14-22(21)29-17(2)30-27)25-10-11-26(34-25)19-6-5-7-20(12-19)33-15-18-8-9-18/h5-7,10-14,16,18H,8-9,15H2,1-4H3,(H,28,29,30). The van der Waals surface area contributed by atoms with Gasteiger partial charge in [-0.2, -0.15) is 0 Å². The van der Waals surface area contributed by atoms with Crippen molar-refractivity contribution in [3.8, 4) is 27.7 Å². The van der Waals surface area contributed by atoms with Crippen LogP contribution in [0.4, 0.5) is 5.82 Å². The van der Waals surface area contributed by atoms with Crippen LogP contribution >= 0.6 is 11.3 Å². The smallest absolute Gasteiger partial charge is 0.162 e. The highest BCUT2D eigenvalue weighted by molar-refractivity contribution is 7.15. The summed E-state index contributed by atoms with van der Waals surface area (Å²) in [4.78, 5) is 11.7. The molecule has 1 aliphatic carbocycles. The van der Waals surface area contributed by atoms with Crippen molar-refractivity contribution in [1.82, 2.24) is 9.97 Å². The Morgan fingerprint density at radius 3 is 2.59 bits per heavy atom. The third-order valence-corrected chi connectivity index (χ3v) is 7.34. The number of hydrogen-bond acceptors (Lipinski definition) is 7. The minimum Gasteiger partial charge on any atom is -0.493 e. The number of nitrogens with zero attached hydrogens (tertiary/aromatic N) is 2. The van der Waals surface area contributed by atoms with Crippen molar-refractivity contribution < 1.29 is 14.2 Å². The molecule has 2 heterocycles. The van der Waals surface area contributed by atoms with E-state index in [0.717, 1.165) is 35.0 Å². The summed E-state index contributed by atoms with van der Waals surface area (Å²) in [5.74, 6) is 4.47. The molecule has 2 aromatic heterocycles. The third-order valence-electron chi connectivity index (χ3n) is 6.02. The van der Waals surface area contributed by atoms with Crippen molar-refractivity contribution in [3.05, 3.63) is 59.2 Å². The Morgan fingerprint density at radius 2 is 1.82 bits per heavy atom. The Kier molecular flexibility index (Phi) is 6.28. The fourth-order valence-corrected chi connectivity index (χ4v) is 4.94. The first-order valence-corrected chi connectivity index (χ1v) is 12.4. The molecule has 176 valence electrons. The van der Waals surface area contributed by atoms with Gasteiger partial charge in [0.15, 0.2) is 11.5 Å². The van der Waals surface area contributed by atoms with E-state index in [1.807, 2.05) is 25.1 Å². The SMILES string of the molecule is COc1cc2nc(C)nc(NC(C)c3ccc(-c4cccc(OCC5CC5)c4)s3)c2cc1OC. The number of methoxy groups -OCH3 is 2. The van der Waals surface area contributed by atoms with E-state index in [2.05, 4.69) is 52.5 Å². The second kappa shape index (κ2) is 9.50. The second-order valence-corrected chi connectivity index (χ2v) is 9.81. The molecule has 0 radical (unpaired) electrons. The van der Waals surface area contributed by atoms with Crippen LogP contribution < -0.4 is 19.5 Å². The maximum Gasteiger partial charge on any atom is 0.162 e. The molecule has 0 saturated heterocycles. The molecule has 34 heavy (non-hydrogen) atoms. The van der Waals surface area contributed by atoms with Gasteiger partial charge in [0.05, 0.1) is 32.4 Å². The summed E-state index contributed by atoms with van der Waals surface area (Å²) in [5.41, 5.74) is 1.99. The van der Waals surface area contributed by atoms with Gasteiger partial charge in [-0.05, 0) is 68.5 Å². The molecule has 2 aromatic carbocycles. The number of hydrogen-bond donors (Lipinski definition) is 1. The Morgan fingerprint density at radius 1 is 1.03 bits per heavy atom. The summed E-state index contributed by atoms with van der Waals surface area (Å²) in [6, 6.07) is 16.6. The van der Waals surface area contributed by atoms with Crippen LogP contribution in [-0.4, -0.2) is 30.8 Å². The van der Waals surface area contributed by atoms with E-state index in [-0.39, 0.29) is 6.04 Å². The number of anilines is 1. The molecule has 4 aromatic rings. The van der Waals surface area contributed by atoms with Gasteiger partial charge in [-0.25, -0.2) is 9.97 Å². The normalized spacial score (nSPS) is 14.1. The largest absolute Gasteiger partial charge is 0.493 e. The van der Waals surface area contributed by atoms with Gasteiger partial charge in [-0.3, -0.25) is 0 Å². The summed E-state index contributed by atoms with van der Waals surface area (Å²) in [6.07, 6.45) is 2.58. The molecule has 1 N–H and O–H groups in total. The zero-order chi connectivity index (χ0) is 23.7. The van der Waals surface area contributed by atoms with E-state index in [1.165, 1.54) is 28.2 Å². The average molecular weight is 476 g/mol. The van der Waals surface area contributed by atoms with Crippen LogP contribution in [0.1, 0.15) is 36.5 Å². The first-order chi connectivity index (χ1) is 16.5. The maximum absolute atomic E-state index is 5.97. The minimum atomic E-state index is 0.0682. The summed E-state index contributed by atoms with van der Waals surface area (Å²) >= 11 is 1.78. The Hall–Kier alpha value is -3.32. The Bertz CT molecular complexity index is 1320. The highest BCUT2D eigenvalue weighted by Gasteiger charge is 2.22. The molecule has 1 saturated carbocycles. The zero-order valence-electron chi connectivity index (χ0n) is 19.9. The quantitative estimate of drug-likeness (QED) is 0.292. The number of thiophene rings is 1. The average Bonchev–Trinajstić information content (AvgIpc) is 3.55. The van der Waals surface area contributed by atoms with E-state index in [0.29, 0.717) is 17.3 Å². The van der Waals surface area contributed by atoms with Crippen LogP contribution in [0.5, 0.6) is 17.2 Å². The number of fused-ring (bicyclic) bond motifs is 1. The number of nitrogens with one attached hydrogen (secondary N) is 1. The lowest BCUT2D eigenvalue weighted by molar-refractivity contribution is 0.300. The first kappa shape index (κ1) is 22.5. The minimum absolute atomic E-state index is 0.0682. The zero-order valence-corrected chi connectivity index (χ0v) is 20.7. The maximum atomic E-state index is 5.97. The lowest BCUT2D eigenvalue weighted by atomic mass is 10.1. The molecule has 5 rings (SSSR count). The lowest BCUT2D eigenvalue weighted by Gasteiger charge is -2.16. The van der Waals surface area contributed by atoms with Gasteiger partial charge in [0.25, 0.3) is 0 Å². The number of rotatable bonds is 9. The van der Waals surface area contributed by atoms with Crippen molar-refractivity contribution in [3.63, 3.8) is 0 Å². The molecule has 7 heteroatoms. The van der Waals surface area contributed by atoms with Crippen LogP contribution in [0.2, 0.25) is 0 Å². The van der Waals surface area contributed by atoms with Gasteiger partial charge in [0, 0.05) is 21.2 Å². The van der Waals surface area contributed by atoms with Crippen molar-refractivity contribution in [1.29, 1.82) is 0 Å². The predicted octanol–water partition coefficient (Wildman–Crippen LogP) is 6.65. The fraction of sp³-hybridized carbons (Fsp3) is 0.333. The van der Waals surface area contributed by atoms with Gasteiger partial charge in [0.1, 0.15) is 17.4 Å². The predicted molar refractivity (Wildman–Crippen MR) is 137 cm³/mol. The molecule has 0 aliphatic heterocycles. The van der Waals surface area contributed by atoms with Crippen LogP contribution in [0.15, 0.2) is 48.5 Å². The van der Waals surface area contributed by atoms with E-state index in [4.69, 9.17) is 14.2 Å². The third kappa shape index (κ3) is 4.80. The van der Waals surface area contributed by atoms with Gasteiger partial charge >= 0.3 is 0 Å². The Labute approximate surface area is 203 Å². The van der Waals surface area contributed by atoms with E-state index in [9.17, 15) is 0 Å². The van der Waals surface area contributed by atoms with Crippen LogP contribution in [-0.2, 0) is 0 Å². The molecule has 0 spiro atoms. The number of ether oxygens (including phenoxy) is 3. The molecule has 1 atom stereocenters. The summed E-state index contributed by atoms with van der Waals surface area (Å²) in [5, 5.41) is 4.48. The highest BCUT2D eigenvalue weighted by Crippen LogP contribution is 2.37. The molecule has 0 bridgehead atoms. The highest BCUT2D eigenvalue weighted by atomic mass is 32.1. The van der Waals surface area contributed by atoms with Crippen LogP contribution in [0, 0.1) is 12.8 Å². The van der Waals surface area contributed by atoms with Crippen molar-refractivity contribution in [2.45, 2.75) is 32.7 Å². The van der Waals surface area contributed by atoms with E-state index >= 15 is 0 Å². The molecular weight excluding hydrogens is 446 g/mol. The van der Waals surface area contributed by atoms with E-state index < -0.39 is 0 Å². The van der Waals surface area contributed by atoms with Crippen LogP contribution in [0.3, 0.4) is 0 Å². The van der Waals surface area contributed by atoms with Gasteiger partial charge in [0.2, 0.25) is 0 Å². The molecule has 6 nitrogen and oxygen atoms in total. The number of benzene rings is 2. The lowest BCUT2D eigenvalue weighted by Crippen LogP contribution is -2.08.